The first-order chi connectivity index (χ1) is 14.7. The molecule has 0 bridgehead atoms. The van der Waals surface area contributed by atoms with E-state index in [1.165, 1.54) is 13.8 Å². The zero-order chi connectivity index (χ0) is 22.6. The van der Waals surface area contributed by atoms with Gasteiger partial charge in [-0.05, 0) is 51.0 Å². The summed E-state index contributed by atoms with van der Waals surface area (Å²) >= 11 is 0. The number of hydrogen-bond donors (Lipinski definition) is 2. The van der Waals surface area contributed by atoms with Crippen molar-refractivity contribution < 1.29 is 28.7 Å². The topological polar surface area (TPSA) is 122 Å². The number of esters is 1. The largest absolute Gasteiger partial charge is 0.452 e. The van der Waals surface area contributed by atoms with Gasteiger partial charge in [0.1, 0.15) is 5.54 Å². The number of rotatable bonds is 7. The minimum Gasteiger partial charge on any atom is -0.452 e. The molecule has 2 aliphatic rings. The summed E-state index contributed by atoms with van der Waals surface area (Å²) in [5.41, 5.74) is 0.160. The van der Waals surface area contributed by atoms with Crippen LogP contribution in [0.2, 0.25) is 0 Å². The molecule has 0 aromatic heterocycles. The van der Waals surface area contributed by atoms with Crippen molar-refractivity contribution in [1.82, 2.24) is 10.2 Å². The van der Waals surface area contributed by atoms with Gasteiger partial charge in [-0.1, -0.05) is 19.3 Å². The summed E-state index contributed by atoms with van der Waals surface area (Å²) in [6, 6.07) is 5.86. The monoisotopic (exact) mass is 429 g/mol. The van der Waals surface area contributed by atoms with E-state index in [1.807, 2.05) is 0 Å². The average Bonchev–Trinajstić information content (AvgIpc) is 2.96. The number of hydrogen-bond acceptors (Lipinski definition) is 6. The number of nitrogens with zero attached hydrogens (tertiary/aromatic N) is 1. The second kappa shape index (κ2) is 9.28. The van der Waals surface area contributed by atoms with Crippen LogP contribution in [0.25, 0.3) is 0 Å². The van der Waals surface area contributed by atoms with Gasteiger partial charge < -0.3 is 15.4 Å². The molecule has 1 aromatic rings. The van der Waals surface area contributed by atoms with Crippen LogP contribution in [0, 0.1) is 0 Å². The normalized spacial score (nSPS) is 18.5. The molecule has 2 N–H and O–H groups in total. The lowest BCUT2D eigenvalue weighted by molar-refractivity contribution is -0.153. The highest BCUT2D eigenvalue weighted by Gasteiger charge is 2.51. The van der Waals surface area contributed by atoms with Crippen LogP contribution in [0.15, 0.2) is 24.3 Å². The third kappa shape index (κ3) is 5.10. The molecule has 1 aromatic carbocycles. The summed E-state index contributed by atoms with van der Waals surface area (Å²) in [6.45, 7) is 2.79. The quantitative estimate of drug-likeness (QED) is 0.390. The molecule has 1 aliphatic heterocycles. The first kappa shape index (κ1) is 22.5. The first-order valence-electron chi connectivity index (χ1n) is 10.5. The van der Waals surface area contributed by atoms with Crippen molar-refractivity contribution in [3.63, 3.8) is 0 Å². The predicted octanol–water partition coefficient (Wildman–Crippen LogP) is 2.40. The van der Waals surface area contributed by atoms with E-state index in [-0.39, 0.29) is 24.7 Å². The van der Waals surface area contributed by atoms with Gasteiger partial charge in [-0.15, -0.1) is 0 Å². The van der Waals surface area contributed by atoms with E-state index >= 15 is 0 Å². The van der Waals surface area contributed by atoms with E-state index in [0.29, 0.717) is 24.1 Å². The van der Waals surface area contributed by atoms with Gasteiger partial charge in [0.05, 0.1) is 6.42 Å². The van der Waals surface area contributed by atoms with Gasteiger partial charge in [0.25, 0.3) is 11.8 Å². The van der Waals surface area contributed by atoms with E-state index in [0.717, 1.165) is 24.2 Å². The molecule has 9 nitrogen and oxygen atoms in total. The number of ether oxygens (including phenoxy) is 1. The van der Waals surface area contributed by atoms with Gasteiger partial charge in [-0.25, -0.2) is 4.79 Å². The molecule has 1 saturated carbocycles. The molecule has 3 rings (SSSR count). The number of imide groups is 1. The Hall–Kier alpha value is -3.23. The number of amides is 4. The van der Waals surface area contributed by atoms with Crippen LogP contribution in [0.1, 0.15) is 62.7 Å². The van der Waals surface area contributed by atoms with Crippen LogP contribution in [0.3, 0.4) is 0 Å². The van der Waals surface area contributed by atoms with Crippen LogP contribution < -0.4 is 10.6 Å². The second-order valence-corrected chi connectivity index (χ2v) is 8.03. The fraction of sp³-hybridized carbons (Fsp3) is 0.500. The molecule has 0 radical (unpaired) electrons. The Balaban J connectivity index is 1.47. The van der Waals surface area contributed by atoms with E-state index in [4.69, 9.17) is 4.74 Å². The Morgan fingerprint density at radius 2 is 1.77 bits per heavy atom. The fourth-order valence-electron chi connectivity index (χ4n) is 3.92. The summed E-state index contributed by atoms with van der Waals surface area (Å²) in [4.78, 5) is 61.7. The predicted molar refractivity (Wildman–Crippen MR) is 111 cm³/mol. The molecule has 1 aliphatic carbocycles. The molecule has 31 heavy (non-hydrogen) atoms. The van der Waals surface area contributed by atoms with Gasteiger partial charge in [0.2, 0.25) is 0 Å². The van der Waals surface area contributed by atoms with Gasteiger partial charge in [-0.3, -0.25) is 24.1 Å². The van der Waals surface area contributed by atoms with E-state index in [9.17, 15) is 24.0 Å². The standard InChI is InChI=1S/C22H27N3O6/c1-14(26)16-6-8-17(9-7-16)23-19(28)15(2)31-18(27)10-13-25-20(29)22(24-21(25)30)11-4-3-5-12-22/h6-9,15H,3-5,10-13H2,1-2H3,(H,23,28)(H,24,30). The smallest absolute Gasteiger partial charge is 0.325 e. The molecule has 1 spiro atoms. The Bertz CT molecular complexity index is 889. The molecule has 1 heterocycles. The number of carbonyl (C=O) groups excluding carboxylic acids is 5. The summed E-state index contributed by atoms with van der Waals surface area (Å²) < 4.78 is 5.14. The molecule has 9 heteroatoms. The number of urea groups is 1. The third-order valence-electron chi connectivity index (χ3n) is 5.73. The highest BCUT2D eigenvalue weighted by Crippen LogP contribution is 2.33. The fourth-order valence-corrected chi connectivity index (χ4v) is 3.92. The van der Waals surface area contributed by atoms with Crippen LogP contribution in [0.5, 0.6) is 0 Å². The van der Waals surface area contributed by atoms with Crippen LogP contribution in [0.4, 0.5) is 10.5 Å². The van der Waals surface area contributed by atoms with E-state index in [2.05, 4.69) is 10.6 Å². The summed E-state index contributed by atoms with van der Waals surface area (Å²) in [5.74, 6) is -1.58. The number of carbonyl (C=O) groups is 5. The second-order valence-electron chi connectivity index (χ2n) is 8.03. The molecule has 1 saturated heterocycles. The number of Topliss-reactive ketones (excluding diaryl/α,β-unsaturated/α-hetero) is 1. The highest BCUT2D eigenvalue weighted by molar-refractivity contribution is 6.07. The van der Waals surface area contributed by atoms with E-state index in [1.54, 1.807) is 24.3 Å². The van der Waals surface area contributed by atoms with Gasteiger partial charge in [-0.2, -0.15) is 0 Å². The Morgan fingerprint density at radius 3 is 2.39 bits per heavy atom. The first-order valence-corrected chi connectivity index (χ1v) is 10.5. The van der Waals surface area contributed by atoms with Crippen molar-refractivity contribution in [2.45, 2.75) is 64.0 Å². The highest BCUT2D eigenvalue weighted by atomic mass is 16.5. The zero-order valence-corrected chi connectivity index (χ0v) is 17.7. The molecule has 1 atom stereocenters. The summed E-state index contributed by atoms with van der Waals surface area (Å²) in [5, 5.41) is 5.40. The lowest BCUT2D eigenvalue weighted by atomic mass is 9.82. The minimum atomic E-state index is -1.06. The minimum absolute atomic E-state index is 0.0836. The van der Waals surface area contributed by atoms with Gasteiger partial charge >= 0.3 is 12.0 Å². The van der Waals surface area contributed by atoms with Gasteiger partial charge in [0, 0.05) is 17.8 Å². The SMILES string of the molecule is CC(=O)c1ccc(NC(=O)C(C)OC(=O)CCN2C(=O)NC3(CCCCC3)C2=O)cc1. The number of anilines is 1. The van der Waals surface area contributed by atoms with E-state index < -0.39 is 29.6 Å². The lowest BCUT2D eigenvalue weighted by Gasteiger charge is -2.30. The van der Waals surface area contributed by atoms with Crippen LogP contribution in [-0.2, 0) is 19.1 Å². The van der Waals surface area contributed by atoms with Crippen molar-refractivity contribution >= 4 is 35.3 Å². The van der Waals surface area contributed by atoms with Crippen molar-refractivity contribution in [3.05, 3.63) is 29.8 Å². The molecular formula is C22H27N3O6. The molecule has 166 valence electrons. The molecule has 4 amide bonds. The zero-order valence-electron chi connectivity index (χ0n) is 17.7. The maximum atomic E-state index is 12.7. The van der Waals surface area contributed by atoms with Crippen molar-refractivity contribution in [1.29, 1.82) is 0 Å². The Kier molecular flexibility index (Phi) is 6.72. The maximum absolute atomic E-state index is 12.7. The lowest BCUT2D eigenvalue weighted by Crippen LogP contribution is -2.48. The molecule has 1 unspecified atom stereocenters. The van der Waals surface area contributed by atoms with Crippen LogP contribution in [-0.4, -0.2) is 52.7 Å². The van der Waals surface area contributed by atoms with Crippen molar-refractivity contribution in [2.24, 2.45) is 0 Å². The summed E-state index contributed by atoms with van der Waals surface area (Å²) in [6.07, 6.45) is 2.77. The van der Waals surface area contributed by atoms with Crippen molar-refractivity contribution in [3.8, 4) is 0 Å². The van der Waals surface area contributed by atoms with Crippen molar-refractivity contribution in [2.75, 3.05) is 11.9 Å². The molecule has 2 fully saturated rings. The maximum Gasteiger partial charge on any atom is 0.325 e. The average molecular weight is 429 g/mol. The number of ketones is 1. The number of benzene rings is 1. The Labute approximate surface area is 180 Å². The third-order valence-corrected chi connectivity index (χ3v) is 5.73. The van der Waals surface area contributed by atoms with Gasteiger partial charge in [0.15, 0.2) is 11.9 Å². The summed E-state index contributed by atoms with van der Waals surface area (Å²) in [7, 11) is 0. The Morgan fingerprint density at radius 1 is 1.13 bits per heavy atom. The number of nitrogens with one attached hydrogen (secondary N) is 2. The molecular weight excluding hydrogens is 402 g/mol. The van der Waals surface area contributed by atoms with Crippen LogP contribution >= 0.6 is 0 Å².